The number of hydrogen-bond acceptors (Lipinski definition) is 8. The Morgan fingerprint density at radius 1 is 0.953 bits per heavy atom. The summed E-state index contributed by atoms with van der Waals surface area (Å²) in [7, 11) is 0. The Hall–Kier alpha value is -4.05. The van der Waals surface area contributed by atoms with Crippen LogP contribution in [0.25, 0.3) is 16.9 Å². The highest BCUT2D eigenvalue weighted by molar-refractivity contribution is 7.14. The predicted molar refractivity (Wildman–Crippen MR) is 170 cm³/mol. The normalized spacial score (nSPS) is 14.2. The molecule has 0 atom stereocenters. The predicted octanol–water partition coefficient (Wildman–Crippen LogP) is 6.48. The van der Waals surface area contributed by atoms with Gasteiger partial charge in [0.05, 0.1) is 28.6 Å². The van der Waals surface area contributed by atoms with Gasteiger partial charge >= 0.3 is 6.09 Å². The third-order valence-corrected chi connectivity index (χ3v) is 8.87. The van der Waals surface area contributed by atoms with E-state index in [9.17, 15) is 9.59 Å². The van der Waals surface area contributed by atoms with Crippen LogP contribution in [0.1, 0.15) is 67.2 Å². The van der Waals surface area contributed by atoms with Gasteiger partial charge in [-0.05, 0) is 68.5 Å². The van der Waals surface area contributed by atoms with Gasteiger partial charge in [0.15, 0.2) is 5.78 Å². The molecule has 1 aliphatic rings. The van der Waals surface area contributed by atoms with E-state index in [0.717, 1.165) is 32.9 Å². The van der Waals surface area contributed by atoms with Crippen LogP contribution in [-0.2, 0) is 16.6 Å². The van der Waals surface area contributed by atoms with Crippen LogP contribution in [0, 0.1) is 6.92 Å². The fourth-order valence-electron chi connectivity index (χ4n) is 4.90. The van der Waals surface area contributed by atoms with Gasteiger partial charge in [-0.15, -0.1) is 16.4 Å². The molecule has 0 N–H and O–H groups in total. The summed E-state index contributed by atoms with van der Waals surface area (Å²) in [4.78, 5) is 36.0. The number of aryl methyl sites for hydroxylation is 1. The molecule has 0 unspecified atom stereocenters. The molecular weight excluding hydrogens is 560 g/mol. The number of nitrogens with zero attached hydrogens (tertiary/aromatic N) is 6. The summed E-state index contributed by atoms with van der Waals surface area (Å²) in [5.41, 5.74) is 4.89. The molecule has 10 heteroatoms. The van der Waals surface area contributed by atoms with Crippen molar-refractivity contribution in [1.29, 1.82) is 0 Å². The minimum atomic E-state index is -0.512. The maximum absolute atomic E-state index is 13.1. The Balaban J connectivity index is 1.28. The topological polar surface area (TPSA) is 93.5 Å². The molecule has 9 nitrogen and oxygen atoms in total. The maximum Gasteiger partial charge on any atom is 0.410 e. The van der Waals surface area contributed by atoms with Crippen molar-refractivity contribution < 1.29 is 14.3 Å². The molecule has 4 aromatic rings. The summed E-state index contributed by atoms with van der Waals surface area (Å²) in [5, 5.41) is 8.86. The number of hydrogen-bond donors (Lipinski definition) is 0. The van der Waals surface area contributed by atoms with Gasteiger partial charge in [0, 0.05) is 49.2 Å². The standard InChI is InChI=1S/C33H40N6O3S/c1-22-8-9-23(17-28(40)29-10-11-30(43-29)32(2,3)4)16-27(22)39-21-26(35-36-39)24-18-25(20-34-19-24)37-12-14-38(15-13-37)31(41)42-33(5,6)7/h8-11,16,18-21H,12-15,17H2,1-7H3. The number of ketones is 1. The van der Waals surface area contributed by atoms with E-state index < -0.39 is 5.60 Å². The van der Waals surface area contributed by atoms with Gasteiger partial charge in [-0.1, -0.05) is 38.1 Å². The summed E-state index contributed by atoms with van der Waals surface area (Å²) in [6.45, 7) is 16.7. The lowest BCUT2D eigenvalue weighted by molar-refractivity contribution is 0.0240. The number of amides is 1. The number of ether oxygens (including phenoxy) is 1. The summed E-state index contributed by atoms with van der Waals surface area (Å²) in [5.74, 6) is 0.115. The molecule has 5 rings (SSSR count). The maximum atomic E-state index is 13.1. The first-order valence-corrected chi connectivity index (χ1v) is 15.4. The molecule has 0 radical (unpaired) electrons. The number of aromatic nitrogens is 4. The highest BCUT2D eigenvalue weighted by Gasteiger charge is 2.26. The van der Waals surface area contributed by atoms with Crippen molar-refractivity contribution in [3.63, 3.8) is 0 Å². The SMILES string of the molecule is Cc1ccc(CC(=O)c2ccc(C(C)(C)C)s2)cc1-n1cc(-c2cncc(N3CCN(C(=O)OC(C)(C)C)CC3)c2)nn1. The van der Waals surface area contributed by atoms with Crippen molar-refractivity contribution in [3.05, 3.63) is 75.9 Å². The van der Waals surface area contributed by atoms with Crippen LogP contribution in [0.2, 0.25) is 0 Å². The minimum absolute atomic E-state index is 0.0246. The van der Waals surface area contributed by atoms with E-state index in [4.69, 9.17) is 4.74 Å². The Bertz CT molecular complexity index is 1620. The summed E-state index contributed by atoms with van der Waals surface area (Å²) in [6.07, 6.45) is 5.56. The number of carbonyl (C=O) groups is 2. The van der Waals surface area contributed by atoms with E-state index in [1.165, 1.54) is 4.88 Å². The number of benzene rings is 1. The van der Waals surface area contributed by atoms with E-state index in [1.807, 2.05) is 64.4 Å². The van der Waals surface area contributed by atoms with Gasteiger partial charge < -0.3 is 14.5 Å². The van der Waals surface area contributed by atoms with Crippen molar-refractivity contribution in [3.8, 4) is 16.9 Å². The van der Waals surface area contributed by atoms with Crippen molar-refractivity contribution in [2.24, 2.45) is 0 Å². The molecule has 1 saturated heterocycles. The molecular formula is C33H40N6O3S. The molecule has 4 heterocycles. The van der Waals surface area contributed by atoms with Crippen LogP contribution in [0.5, 0.6) is 0 Å². The zero-order valence-corrected chi connectivity index (χ0v) is 26.9. The second-order valence-corrected chi connectivity index (χ2v) is 14.2. The summed E-state index contributed by atoms with van der Waals surface area (Å²) < 4.78 is 7.28. The van der Waals surface area contributed by atoms with Crippen molar-refractivity contribution >= 4 is 28.9 Å². The van der Waals surface area contributed by atoms with Crippen LogP contribution in [-0.4, -0.2) is 68.5 Å². The van der Waals surface area contributed by atoms with Gasteiger partial charge in [0.1, 0.15) is 11.3 Å². The first-order chi connectivity index (χ1) is 20.3. The number of anilines is 1. The third-order valence-electron chi connectivity index (χ3n) is 7.31. The molecule has 226 valence electrons. The van der Waals surface area contributed by atoms with Crippen LogP contribution >= 0.6 is 11.3 Å². The van der Waals surface area contributed by atoms with Crippen LogP contribution in [0.4, 0.5) is 10.5 Å². The van der Waals surface area contributed by atoms with E-state index in [0.29, 0.717) is 38.3 Å². The Labute approximate surface area is 257 Å². The second kappa shape index (κ2) is 11.9. The van der Waals surface area contributed by atoms with Gasteiger partial charge in [-0.3, -0.25) is 9.78 Å². The van der Waals surface area contributed by atoms with Crippen molar-refractivity contribution in [1.82, 2.24) is 24.9 Å². The largest absolute Gasteiger partial charge is 0.444 e. The lowest BCUT2D eigenvalue weighted by Crippen LogP contribution is -2.50. The lowest BCUT2D eigenvalue weighted by Gasteiger charge is -2.36. The molecule has 0 bridgehead atoms. The molecule has 1 aliphatic heterocycles. The lowest BCUT2D eigenvalue weighted by atomic mass is 9.95. The van der Waals surface area contributed by atoms with Crippen LogP contribution in [0.15, 0.2) is 55.0 Å². The van der Waals surface area contributed by atoms with Gasteiger partial charge in [0.2, 0.25) is 0 Å². The van der Waals surface area contributed by atoms with Gasteiger partial charge in [-0.2, -0.15) is 0 Å². The monoisotopic (exact) mass is 600 g/mol. The number of rotatable bonds is 6. The fraction of sp³-hybridized carbons (Fsp3) is 0.424. The van der Waals surface area contributed by atoms with Gasteiger partial charge in [0.25, 0.3) is 0 Å². The Morgan fingerprint density at radius 3 is 2.37 bits per heavy atom. The quantitative estimate of drug-likeness (QED) is 0.234. The first kappa shape index (κ1) is 30.4. The van der Waals surface area contributed by atoms with E-state index >= 15 is 0 Å². The molecule has 0 spiro atoms. The third kappa shape index (κ3) is 7.30. The highest BCUT2D eigenvalue weighted by atomic mass is 32.1. The Kier molecular flexibility index (Phi) is 8.42. The van der Waals surface area contributed by atoms with Crippen molar-refractivity contribution in [2.45, 2.75) is 65.9 Å². The smallest absolute Gasteiger partial charge is 0.410 e. The molecule has 3 aromatic heterocycles. The average molecular weight is 601 g/mol. The van der Waals surface area contributed by atoms with Crippen LogP contribution in [0.3, 0.4) is 0 Å². The van der Waals surface area contributed by atoms with Crippen LogP contribution < -0.4 is 4.90 Å². The van der Waals surface area contributed by atoms with E-state index in [1.54, 1.807) is 27.1 Å². The number of carbonyl (C=O) groups excluding carboxylic acids is 2. The van der Waals surface area contributed by atoms with Gasteiger partial charge in [-0.25, -0.2) is 9.48 Å². The summed E-state index contributed by atoms with van der Waals surface area (Å²) >= 11 is 1.58. The number of pyridine rings is 1. The molecule has 0 aliphatic carbocycles. The summed E-state index contributed by atoms with van der Waals surface area (Å²) in [6, 6.07) is 12.1. The first-order valence-electron chi connectivity index (χ1n) is 14.6. The van der Waals surface area contributed by atoms with Crippen molar-refractivity contribution in [2.75, 3.05) is 31.1 Å². The number of Topliss-reactive ketones (excluding diaryl/α,β-unsaturated/α-hetero) is 1. The fourth-order valence-corrected chi connectivity index (χ4v) is 5.90. The zero-order chi connectivity index (χ0) is 30.9. The molecule has 0 saturated carbocycles. The molecule has 1 fully saturated rings. The molecule has 1 amide bonds. The number of piperazine rings is 1. The minimum Gasteiger partial charge on any atom is -0.444 e. The molecule has 1 aromatic carbocycles. The molecule has 43 heavy (non-hydrogen) atoms. The second-order valence-electron chi connectivity index (χ2n) is 13.1. The van der Waals surface area contributed by atoms with E-state index in [2.05, 4.69) is 53.1 Å². The Morgan fingerprint density at radius 2 is 1.70 bits per heavy atom. The van der Waals surface area contributed by atoms with E-state index in [-0.39, 0.29) is 17.3 Å². The zero-order valence-electron chi connectivity index (χ0n) is 26.0. The highest BCUT2D eigenvalue weighted by Crippen LogP contribution is 2.30. The average Bonchev–Trinajstić information content (AvgIpc) is 3.64. The number of thiophene rings is 1.